The molecule has 0 amide bonds. The molecule has 0 aliphatic carbocycles. The van der Waals surface area contributed by atoms with E-state index in [4.69, 9.17) is 0 Å². The quantitative estimate of drug-likeness (QED) is 0.447. The molecular formula is C6H4Au. The van der Waals surface area contributed by atoms with E-state index >= 15 is 0 Å². The average molecular weight is 273 g/mol. The summed E-state index contributed by atoms with van der Waals surface area (Å²) in [6.07, 6.45) is 0. The summed E-state index contributed by atoms with van der Waals surface area (Å²) in [5, 5.41) is 0. The molecule has 0 aromatic carbocycles. The molecule has 0 aromatic rings. The molecule has 7 heavy (non-hydrogen) atoms. The van der Waals surface area contributed by atoms with E-state index in [1.54, 1.807) is 0 Å². The maximum atomic E-state index is 3.33. The molecule has 0 atom stereocenters. The fourth-order valence-corrected chi connectivity index (χ4v) is 0.591. The Hall–Kier alpha value is -0.400. The van der Waals surface area contributed by atoms with E-state index in [1.807, 2.05) is 0 Å². The standard InChI is InChI=1S/2C3H2.Au/c2*1-3-2;/h2*1H2;. The van der Waals surface area contributed by atoms with Gasteiger partial charge in [-0.3, -0.25) is 0 Å². The van der Waals surface area contributed by atoms with Crippen molar-refractivity contribution in [2.75, 3.05) is 0 Å². The van der Waals surface area contributed by atoms with Gasteiger partial charge < -0.3 is 0 Å². The third kappa shape index (κ3) is 5.60. The second kappa shape index (κ2) is 5.60. The predicted octanol–water partition coefficient (Wildman–Crippen LogP) is 0.553. The molecule has 0 aliphatic rings. The van der Waals surface area contributed by atoms with Crippen LogP contribution in [0.5, 0.6) is 0 Å². The van der Waals surface area contributed by atoms with Crippen LogP contribution in [0.15, 0.2) is 24.6 Å². The van der Waals surface area contributed by atoms with E-state index in [0.717, 1.165) is 0 Å². The van der Waals surface area contributed by atoms with Gasteiger partial charge in [-0.05, 0) is 0 Å². The van der Waals surface area contributed by atoms with Gasteiger partial charge in [0.1, 0.15) is 0 Å². The van der Waals surface area contributed by atoms with Crippen LogP contribution in [0.4, 0.5) is 0 Å². The van der Waals surface area contributed by atoms with Crippen LogP contribution in [0.2, 0.25) is 0 Å². The monoisotopic (exact) mass is 273 g/mol. The van der Waals surface area contributed by atoms with Crippen molar-refractivity contribution in [3.8, 4) is 0 Å². The van der Waals surface area contributed by atoms with Crippen LogP contribution < -0.4 is 0 Å². The van der Waals surface area contributed by atoms with Gasteiger partial charge in [-0.15, -0.1) is 0 Å². The van der Waals surface area contributed by atoms with Crippen molar-refractivity contribution < 1.29 is 18.8 Å². The van der Waals surface area contributed by atoms with Gasteiger partial charge in [0.2, 0.25) is 0 Å². The molecule has 0 spiro atoms. The summed E-state index contributed by atoms with van der Waals surface area (Å²) in [5.74, 6) is 0. The van der Waals surface area contributed by atoms with Crippen LogP contribution in [-0.4, -0.2) is 7.76 Å². The molecule has 0 saturated heterocycles. The minimum atomic E-state index is -0.128. The molecule has 39 valence electrons. The van der Waals surface area contributed by atoms with Crippen molar-refractivity contribution in [1.82, 2.24) is 0 Å². The molecule has 0 radical (unpaired) electrons. The first kappa shape index (κ1) is 6.60. The van der Waals surface area contributed by atoms with Gasteiger partial charge in [0.25, 0.3) is 0 Å². The zero-order valence-electron chi connectivity index (χ0n) is 3.72. The second-order valence-electron chi connectivity index (χ2n) is 0.580. The van der Waals surface area contributed by atoms with E-state index in [1.165, 1.54) is 0 Å². The first-order valence-corrected chi connectivity index (χ1v) is 3.68. The van der Waals surface area contributed by atoms with Gasteiger partial charge in [-0.2, -0.15) is 0 Å². The number of rotatable bonds is 0. The Morgan fingerprint density at radius 3 is 1.71 bits per heavy atom. The van der Waals surface area contributed by atoms with E-state index < -0.39 is 0 Å². The van der Waals surface area contributed by atoms with E-state index in [9.17, 15) is 0 Å². The second-order valence-corrected chi connectivity index (χ2v) is 2.20. The van der Waals surface area contributed by atoms with E-state index in [0.29, 0.717) is 0 Å². The fourth-order valence-electron chi connectivity index (χ4n) is 0.0721. The van der Waals surface area contributed by atoms with Gasteiger partial charge >= 0.3 is 51.2 Å². The summed E-state index contributed by atoms with van der Waals surface area (Å²) < 4.78 is 5.54. The predicted molar refractivity (Wildman–Crippen MR) is 28.3 cm³/mol. The zero-order chi connectivity index (χ0) is 5.54. The Morgan fingerprint density at radius 1 is 1.00 bits per heavy atom. The molecule has 0 N–H and O–H groups in total. The Labute approximate surface area is 51.5 Å². The first-order chi connectivity index (χ1) is 3.41. The molecule has 0 saturated carbocycles. The first-order valence-electron chi connectivity index (χ1n) is 1.51. The van der Waals surface area contributed by atoms with Gasteiger partial charge in [-0.25, -0.2) is 0 Å². The third-order valence-corrected chi connectivity index (χ3v) is 1.49. The normalized spacial score (nSPS) is 5.14. The third-order valence-electron chi connectivity index (χ3n) is 0.182. The summed E-state index contributed by atoms with van der Waals surface area (Å²) in [6.45, 7) is 6.66. The molecule has 1 heteroatoms. The van der Waals surface area contributed by atoms with Gasteiger partial charge in [0.15, 0.2) is 0 Å². The van der Waals surface area contributed by atoms with Crippen molar-refractivity contribution in [2.24, 2.45) is 0 Å². The van der Waals surface area contributed by atoms with Crippen LogP contribution in [-0.2, 0) is 18.8 Å². The van der Waals surface area contributed by atoms with Crippen LogP contribution in [0.1, 0.15) is 0 Å². The van der Waals surface area contributed by atoms with Crippen molar-refractivity contribution >= 4 is 7.76 Å². The Bertz CT molecular complexity index is 187. The molecule has 0 nitrogen and oxygen atoms in total. The summed E-state index contributed by atoms with van der Waals surface area (Å²) >= 11 is -0.128. The van der Waals surface area contributed by atoms with Gasteiger partial charge in [-0.1, -0.05) is 0 Å². The molecule has 0 unspecified atom stereocenters. The Kier molecular flexibility index (Phi) is 5.28. The summed E-state index contributed by atoms with van der Waals surface area (Å²) in [6, 6.07) is 0. The van der Waals surface area contributed by atoms with E-state index in [2.05, 4.69) is 32.4 Å². The zero-order valence-corrected chi connectivity index (χ0v) is 5.88. The van der Waals surface area contributed by atoms with Crippen LogP contribution in [0.25, 0.3) is 0 Å². The van der Waals surface area contributed by atoms with E-state index in [-0.39, 0.29) is 18.8 Å². The van der Waals surface area contributed by atoms with Crippen molar-refractivity contribution in [3.05, 3.63) is 24.6 Å². The van der Waals surface area contributed by atoms with Crippen molar-refractivity contribution in [1.29, 1.82) is 0 Å². The SMILES string of the molecule is C=C=[C]=[Au]=[C]=C=C. The van der Waals surface area contributed by atoms with Crippen LogP contribution in [0, 0.1) is 0 Å². The van der Waals surface area contributed by atoms with Gasteiger partial charge in [0, 0.05) is 0 Å². The molecule has 0 heterocycles. The topological polar surface area (TPSA) is 0 Å². The Balaban J connectivity index is 4.89. The molecular weight excluding hydrogens is 269 g/mol. The molecule has 0 aliphatic heterocycles. The van der Waals surface area contributed by atoms with Crippen molar-refractivity contribution in [2.45, 2.75) is 0 Å². The molecule has 0 fully saturated rings. The maximum absolute atomic E-state index is 3.33. The minimum absolute atomic E-state index is 0.128. The number of hydrogen-bond donors (Lipinski definition) is 0. The molecule has 0 bridgehead atoms. The molecule has 0 rings (SSSR count). The molecule has 0 aromatic heterocycles. The van der Waals surface area contributed by atoms with Crippen LogP contribution >= 0.6 is 0 Å². The summed E-state index contributed by atoms with van der Waals surface area (Å²) in [5.41, 5.74) is 5.03. The summed E-state index contributed by atoms with van der Waals surface area (Å²) in [4.78, 5) is 0. The van der Waals surface area contributed by atoms with Crippen LogP contribution in [0.3, 0.4) is 0 Å². The van der Waals surface area contributed by atoms with Gasteiger partial charge in [0.05, 0.1) is 0 Å². The fraction of sp³-hybridized carbons (Fsp3) is 0. The number of hydrogen-bond acceptors (Lipinski definition) is 0. The van der Waals surface area contributed by atoms with Crippen molar-refractivity contribution in [3.63, 3.8) is 0 Å². The summed E-state index contributed by atoms with van der Waals surface area (Å²) in [7, 11) is 0. The average Bonchev–Trinajstić information content (AvgIpc) is 1.69. The Morgan fingerprint density at radius 2 is 1.43 bits per heavy atom.